The number of halogens is 1. The zero-order valence-electron chi connectivity index (χ0n) is 12.1. The Labute approximate surface area is 123 Å². The molecule has 5 nitrogen and oxygen atoms in total. The lowest BCUT2D eigenvalue weighted by Crippen LogP contribution is -2.09. The van der Waals surface area contributed by atoms with E-state index in [1.54, 1.807) is 12.1 Å². The van der Waals surface area contributed by atoms with Crippen molar-refractivity contribution in [2.75, 3.05) is 5.32 Å². The van der Waals surface area contributed by atoms with Gasteiger partial charge in [0.25, 0.3) is 0 Å². The Kier molecular flexibility index (Phi) is 5.05. The van der Waals surface area contributed by atoms with Crippen molar-refractivity contribution >= 4 is 5.82 Å². The summed E-state index contributed by atoms with van der Waals surface area (Å²) in [5.74, 6) is 0.794. The predicted molar refractivity (Wildman–Crippen MR) is 79.4 cm³/mol. The molecule has 0 amide bonds. The Bertz CT molecular complexity index is 604. The van der Waals surface area contributed by atoms with Crippen LogP contribution >= 0.6 is 0 Å². The average Bonchev–Trinajstić information content (AvgIpc) is 2.45. The maximum Gasteiger partial charge on any atom is 0.218 e. The maximum absolute atomic E-state index is 13.8. The number of nitrogens with two attached hydrogens (primary N) is 1. The molecule has 1 heterocycles. The van der Waals surface area contributed by atoms with Crippen molar-refractivity contribution < 1.29 is 9.13 Å². The minimum Gasteiger partial charge on any atom is -0.475 e. The summed E-state index contributed by atoms with van der Waals surface area (Å²) >= 11 is 0. The van der Waals surface area contributed by atoms with Gasteiger partial charge in [0.2, 0.25) is 5.88 Å². The van der Waals surface area contributed by atoms with Crippen LogP contribution in [0.4, 0.5) is 10.2 Å². The summed E-state index contributed by atoms with van der Waals surface area (Å²) < 4.78 is 19.3. The zero-order valence-corrected chi connectivity index (χ0v) is 12.1. The van der Waals surface area contributed by atoms with Crippen molar-refractivity contribution in [3.8, 4) is 5.88 Å². The van der Waals surface area contributed by atoms with Crippen molar-refractivity contribution in [1.82, 2.24) is 9.97 Å². The Hall–Kier alpha value is -2.21. The van der Waals surface area contributed by atoms with Crippen LogP contribution in [0.2, 0.25) is 0 Å². The van der Waals surface area contributed by atoms with E-state index in [0.717, 1.165) is 5.56 Å². The summed E-state index contributed by atoms with van der Waals surface area (Å²) in [6, 6.07) is 6.67. The van der Waals surface area contributed by atoms with E-state index in [1.807, 2.05) is 19.9 Å². The monoisotopic (exact) mass is 290 g/mol. The molecule has 0 spiro atoms. The second-order valence-corrected chi connectivity index (χ2v) is 4.89. The van der Waals surface area contributed by atoms with Crippen LogP contribution in [0.15, 0.2) is 30.6 Å². The van der Waals surface area contributed by atoms with E-state index in [-0.39, 0.29) is 11.9 Å². The van der Waals surface area contributed by atoms with Gasteiger partial charge in [-0.25, -0.2) is 14.4 Å². The molecule has 1 aromatic carbocycles. The van der Waals surface area contributed by atoms with E-state index in [9.17, 15) is 4.39 Å². The van der Waals surface area contributed by atoms with Crippen LogP contribution in [0.5, 0.6) is 5.88 Å². The first-order valence-electron chi connectivity index (χ1n) is 6.78. The van der Waals surface area contributed by atoms with Gasteiger partial charge in [0.05, 0.1) is 6.10 Å². The maximum atomic E-state index is 13.8. The molecule has 2 aromatic rings. The summed E-state index contributed by atoms with van der Waals surface area (Å²) in [5, 5.41) is 3.05. The van der Waals surface area contributed by atoms with Crippen LogP contribution in [0.1, 0.15) is 25.0 Å². The summed E-state index contributed by atoms with van der Waals surface area (Å²) in [6.07, 6.45) is 1.45. The first-order valence-corrected chi connectivity index (χ1v) is 6.78. The average molecular weight is 290 g/mol. The SMILES string of the molecule is CC(C)Oc1cc(NCc2ccc(CN)cc2F)ncn1. The van der Waals surface area contributed by atoms with Crippen molar-refractivity contribution in [1.29, 1.82) is 0 Å². The molecule has 21 heavy (non-hydrogen) atoms. The molecule has 0 bridgehead atoms. The van der Waals surface area contributed by atoms with Gasteiger partial charge in [-0.2, -0.15) is 0 Å². The summed E-state index contributed by atoms with van der Waals surface area (Å²) in [6.45, 7) is 4.49. The lowest BCUT2D eigenvalue weighted by atomic mass is 10.1. The molecule has 0 aliphatic heterocycles. The van der Waals surface area contributed by atoms with Crippen molar-refractivity contribution in [3.63, 3.8) is 0 Å². The first kappa shape index (κ1) is 15.2. The quantitative estimate of drug-likeness (QED) is 0.855. The van der Waals surface area contributed by atoms with E-state index in [2.05, 4.69) is 15.3 Å². The Morgan fingerprint density at radius 1 is 1.29 bits per heavy atom. The Balaban J connectivity index is 2.02. The third-order valence-corrected chi connectivity index (χ3v) is 2.81. The molecule has 0 fully saturated rings. The molecule has 0 radical (unpaired) electrons. The van der Waals surface area contributed by atoms with E-state index in [0.29, 0.717) is 30.4 Å². The second-order valence-electron chi connectivity index (χ2n) is 4.89. The molecule has 0 aliphatic carbocycles. The van der Waals surface area contributed by atoms with E-state index >= 15 is 0 Å². The van der Waals surface area contributed by atoms with Gasteiger partial charge in [0.15, 0.2) is 0 Å². The van der Waals surface area contributed by atoms with Crippen LogP contribution in [0, 0.1) is 5.82 Å². The van der Waals surface area contributed by atoms with E-state index < -0.39 is 0 Å². The normalized spacial score (nSPS) is 10.7. The fourth-order valence-corrected chi connectivity index (χ4v) is 1.79. The van der Waals surface area contributed by atoms with Gasteiger partial charge in [-0.15, -0.1) is 0 Å². The molecule has 0 saturated carbocycles. The van der Waals surface area contributed by atoms with Crippen molar-refractivity contribution in [3.05, 3.63) is 47.5 Å². The number of ether oxygens (including phenoxy) is 1. The van der Waals surface area contributed by atoms with Gasteiger partial charge >= 0.3 is 0 Å². The van der Waals surface area contributed by atoms with E-state index in [4.69, 9.17) is 10.5 Å². The van der Waals surface area contributed by atoms with Gasteiger partial charge in [-0.1, -0.05) is 12.1 Å². The van der Waals surface area contributed by atoms with E-state index in [1.165, 1.54) is 12.4 Å². The fraction of sp³-hybridized carbons (Fsp3) is 0.333. The summed E-state index contributed by atoms with van der Waals surface area (Å²) in [4.78, 5) is 8.09. The van der Waals surface area contributed by atoms with Crippen LogP contribution in [0.25, 0.3) is 0 Å². The van der Waals surface area contributed by atoms with Crippen molar-refractivity contribution in [2.45, 2.75) is 33.0 Å². The van der Waals surface area contributed by atoms with Crippen LogP contribution < -0.4 is 15.8 Å². The molecule has 0 saturated heterocycles. The summed E-state index contributed by atoms with van der Waals surface area (Å²) in [7, 11) is 0. The highest BCUT2D eigenvalue weighted by atomic mass is 19.1. The number of aromatic nitrogens is 2. The number of rotatable bonds is 6. The smallest absolute Gasteiger partial charge is 0.218 e. The van der Waals surface area contributed by atoms with Crippen LogP contribution in [0.3, 0.4) is 0 Å². The summed E-state index contributed by atoms with van der Waals surface area (Å²) in [5.41, 5.74) is 6.80. The highest BCUT2D eigenvalue weighted by Crippen LogP contribution is 2.15. The largest absolute Gasteiger partial charge is 0.475 e. The lowest BCUT2D eigenvalue weighted by Gasteiger charge is -2.11. The Morgan fingerprint density at radius 2 is 2.10 bits per heavy atom. The molecule has 0 aliphatic rings. The number of hydrogen-bond donors (Lipinski definition) is 2. The van der Waals surface area contributed by atoms with Gasteiger partial charge in [-0.05, 0) is 25.5 Å². The number of hydrogen-bond acceptors (Lipinski definition) is 5. The third kappa shape index (κ3) is 4.39. The third-order valence-electron chi connectivity index (χ3n) is 2.81. The van der Waals surface area contributed by atoms with Gasteiger partial charge < -0.3 is 15.8 Å². The van der Waals surface area contributed by atoms with Crippen LogP contribution in [-0.4, -0.2) is 16.1 Å². The Morgan fingerprint density at radius 3 is 2.76 bits per heavy atom. The molecular weight excluding hydrogens is 271 g/mol. The standard InChI is InChI=1S/C15H19FN4O/c1-10(2)21-15-6-14(19-9-20-15)18-8-12-4-3-11(7-17)5-13(12)16/h3-6,9-10H,7-8,17H2,1-2H3,(H,18,19,20). The molecule has 0 unspecified atom stereocenters. The second kappa shape index (κ2) is 6.99. The highest BCUT2D eigenvalue weighted by molar-refractivity contribution is 5.38. The molecule has 0 atom stereocenters. The van der Waals surface area contributed by atoms with Gasteiger partial charge in [-0.3, -0.25) is 0 Å². The molecule has 112 valence electrons. The zero-order chi connectivity index (χ0) is 15.2. The minimum absolute atomic E-state index is 0.0361. The lowest BCUT2D eigenvalue weighted by molar-refractivity contribution is 0.232. The number of nitrogens with one attached hydrogen (secondary N) is 1. The van der Waals surface area contributed by atoms with Gasteiger partial charge in [0.1, 0.15) is 18.0 Å². The fourth-order valence-electron chi connectivity index (χ4n) is 1.79. The number of anilines is 1. The molecule has 1 aromatic heterocycles. The van der Waals surface area contributed by atoms with Crippen LogP contribution in [-0.2, 0) is 13.1 Å². The predicted octanol–water partition coefficient (Wildman–Crippen LogP) is 2.47. The van der Waals surface area contributed by atoms with Crippen molar-refractivity contribution in [2.24, 2.45) is 5.73 Å². The molecule has 6 heteroatoms. The molecule has 3 N–H and O–H groups in total. The number of benzene rings is 1. The molecule has 2 rings (SSSR count). The number of nitrogens with zero attached hydrogens (tertiary/aromatic N) is 2. The minimum atomic E-state index is -0.279. The molecular formula is C15H19FN4O. The first-order chi connectivity index (χ1) is 10.1. The highest BCUT2D eigenvalue weighted by Gasteiger charge is 2.05. The topological polar surface area (TPSA) is 73.1 Å². The van der Waals surface area contributed by atoms with Gasteiger partial charge in [0, 0.05) is 24.7 Å².